The van der Waals surface area contributed by atoms with Gasteiger partial charge >= 0.3 is 0 Å². The molecule has 0 bridgehead atoms. The molecule has 0 aromatic heterocycles. The predicted octanol–water partition coefficient (Wildman–Crippen LogP) is 4.62. The fraction of sp³-hybridized carbons (Fsp3) is 0.735. The lowest BCUT2D eigenvalue weighted by molar-refractivity contribution is -0.168. The molecule has 1 unspecified atom stereocenters. The standard InChI is InChI=1S/C34H48O7/c1-30(2,38)14-13-28-33(5,41-29(40-28)20-9-7-6-8-10-20)27-12-16-34(39)22-17-24(35)23-18-25(36)26(37)19-31(23,3)21(22)11-15-32(27,34)4/h6-10,17,21,23,25-29,36-39H,11-16,18-19H2,1-5H3/t21-,23-,25+,26-,27-,28+,29?,31+,32+,33+,34+/m0/s1. The molecule has 4 fully saturated rings. The summed E-state index contributed by atoms with van der Waals surface area (Å²) >= 11 is 0. The topological polar surface area (TPSA) is 116 Å². The molecule has 1 saturated heterocycles. The zero-order valence-electron chi connectivity index (χ0n) is 25.2. The highest BCUT2D eigenvalue weighted by Crippen LogP contribution is 2.70. The second kappa shape index (κ2) is 9.70. The summed E-state index contributed by atoms with van der Waals surface area (Å²) in [6, 6.07) is 9.93. The van der Waals surface area contributed by atoms with E-state index in [4.69, 9.17) is 9.47 Å². The summed E-state index contributed by atoms with van der Waals surface area (Å²) < 4.78 is 13.5. The first-order valence-electron chi connectivity index (χ1n) is 15.6. The van der Waals surface area contributed by atoms with Crippen molar-refractivity contribution in [3.63, 3.8) is 0 Å². The number of carbonyl (C=O) groups excluding carboxylic acids is 1. The first-order valence-corrected chi connectivity index (χ1v) is 15.6. The van der Waals surface area contributed by atoms with Gasteiger partial charge in [0.1, 0.15) is 0 Å². The number of benzene rings is 1. The maximum Gasteiger partial charge on any atom is 0.185 e. The average molecular weight is 569 g/mol. The summed E-state index contributed by atoms with van der Waals surface area (Å²) in [6.45, 7) is 9.99. The average Bonchev–Trinajstić information content (AvgIpc) is 3.39. The minimum absolute atomic E-state index is 0.0271. The molecular weight excluding hydrogens is 520 g/mol. The van der Waals surface area contributed by atoms with Crippen LogP contribution in [0, 0.1) is 28.6 Å². The summed E-state index contributed by atoms with van der Waals surface area (Å²) in [6.07, 6.45) is 3.76. The molecule has 1 aliphatic heterocycles. The van der Waals surface area contributed by atoms with Crippen LogP contribution in [0.4, 0.5) is 0 Å². The van der Waals surface area contributed by atoms with Crippen molar-refractivity contribution in [2.24, 2.45) is 28.6 Å². The number of ether oxygens (including phenoxy) is 2. The molecule has 3 saturated carbocycles. The number of allylic oxidation sites excluding steroid dienone is 1. The third-order valence-corrected chi connectivity index (χ3v) is 12.2. The van der Waals surface area contributed by atoms with Gasteiger partial charge in [0.2, 0.25) is 0 Å². The maximum absolute atomic E-state index is 13.6. The van der Waals surface area contributed by atoms with E-state index in [0.29, 0.717) is 25.7 Å². The molecular formula is C34H48O7. The van der Waals surface area contributed by atoms with E-state index in [9.17, 15) is 25.2 Å². The lowest BCUT2D eigenvalue weighted by atomic mass is 9.45. The molecule has 4 aliphatic carbocycles. The highest BCUT2D eigenvalue weighted by atomic mass is 16.7. The number of hydrogen-bond acceptors (Lipinski definition) is 7. The van der Waals surface area contributed by atoms with Crippen LogP contribution in [0.2, 0.25) is 0 Å². The van der Waals surface area contributed by atoms with Crippen LogP contribution in [0.5, 0.6) is 0 Å². The van der Waals surface area contributed by atoms with Crippen LogP contribution in [0.3, 0.4) is 0 Å². The van der Waals surface area contributed by atoms with E-state index in [0.717, 1.165) is 30.4 Å². The molecule has 41 heavy (non-hydrogen) atoms. The van der Waals surface area contributed by atoms with Crippen molar-refractivity contribution in [3.05, 3.63) is 47.5 Å². The first kappa shape index (κ1) is 29.5. The van der Waals surface area contributed by atoms with Crippen molar-refractivity contribution in [3.8, 4) is 0 Å². The zero-order valence-corrected chi connectivity index (χ0v) is 25.2. The Morgan fingerprint density at radius 1 is 1.00 bits per heavy atom. The molecule has 0 radical (unpaired) electrons. The van der Waals surface area contributed by atoms with Gasteiger partial charge in [-0.2, -0.15) is 0 Å². The normalized spacial score (nSPS) is 47.9. The monoisotopic (exact) mass is 568 g/mol. The van der Waals surface area contributed by atoms with Gasteiger partial charge in [0, 0.05) is 16.9 Å². The predicted molar refractivity (Wildman–Crippen MR) is 154 cm³/mol. The molecule has 6 rings (SSSR count). The van der Waals surface area contributed by atoms with Gasteiger partial charge in [0.25, 0.3) is 0 Å². The minimum atomic E-state index is -1.18. The lowest BCUT2D eigenvalue weighted by Gasteiger charge is -2.60. The van der Waals surface area contributed by atoms with Gasteiger partial charge in [-0.25, -0.2) is 0 Å². The van der Waals surface area contributed by atoms with Crippen molar-refractivity contribution in [2.75, 3.05) is 0 Å². The number of ketones is 1. The van der Waals surface area contributed by atoms with Crippen molar-refractivity contribution >= 4 is 5.78 Å². The highest BCUT2D eigenvalue weighted by Gasteiger charge is 2.70. The molecule has 1 heterocycles. The Balaban J connectivity index is 1.36. The van der Waals surface area contributed by atoms with Crippen LogP contribution in [-0.4, -0.2) is 61.3 Å². The molecule has 0 spiro atoms. The number of fused-ring (bicyclic) bond motifs is 5. The second-order valence-corrected chi connectivity index (χ2v) is 15.1. The van der Waals surface area contributed by atoms with E-state index in [1.807, 2.05) is 44.2 Å². The molecule has 1 aromatic carbocycles. The third-order valence-electron chi connectivity index (χ3n) is 12.2. The minimum Gasteiger partial charge on any atom is -0.390 e. The van der Waals surface area contributed by atoms with Crippen LogP contribution in [0.15, 0.2) is 42.0 Å². The zero-order chi connectivity index (χ0) is 29.6. The fourth-order valence-corrected chi connectivity index (χ4v) is 9.81. The van der Waals surface area contributed by atoms with Crippen molar-refractivity contribution in [1.29, 1.82) is 0 Å². The van der Waals surface area contributed by atoms with Crippen LogP contribution in [-0.2, 0) is 14.3 Å². The highest BCUT2D eigenvalue weighted by molar-refractivity contribution is 5.95. The van der Waals surface area contributed by atoms with Gasteiger partial charge in [0.05, 0.1) is 35.1 Å². The third kappa shape index (κ3) is 4.41. The van der Waals surface area contributed by atoms with E-state index in [1.165, 1.54) is 0 Å². The molecule has 11 atom stereocenters. The number of aliphatic hydroxyl groups is 4. The summed E-state index contributed by atoms with van der Waals surface area (Å²) in [5.74, 6) is -0.450. The van der Waals surface area contributed by atoms with Crippen LogP contribution < -0.4 is 0 Å². The van der Waals surface area contributed by atoms with Gasteiger partial charge in [-0.3, -0.25) is 4.79 Å². The van der Waals surface area contributed by atoms with Crippen molar-refractivity contribution in [2.45, 2.75) is 127 Å². The van der Waals surface area contributed by atoms with E-state index in [2.05, 4.69) is 20.8 Å². The number of carbonyl (C=O) groups is 1. The summed E-state index contributed by atoms with van der Waals surface area (Å²) in [5.41, 5.74) is -2.02. The molecule has 4 N–H and O–H groups in total. The van der Waals surface area contributed by atoms with Gasteiger partial charge in [0.15, 0.2) is 12.1 Å². The first-order chi connectivity index (χ1) is 19.1. The summed E-state index contributed by atoms with van der Waals surface area (Å²) in [7, 11) is 0. The van der Waals surface area contributed by atoms with Gasteiger partial charge in [-0.05, 0) is 101 Å². The molecule has 7 nitrogen and oxygen atoms in total. The van der Waals surface area contributed by atoms with Crippen molar-refractivity contribution < 1.29 is 34.7 Å². The van der Waals surface area contributed by atoms with Crippen LogP contribution >= 0.6 is 0 Å². The SMILES string of the molecule is CC(C)(O)CC[C@H]1OC(c2ccccc2)O[C@]1(C)[C@H]1CC[C@@]2(O)C3=CC(=O)[C@@H]4C[C@@H](O)[C@@H](O)C[C@]4(C)[C@H]3CC[C@]12C. The molecule has 5 aliphatic rings. The van der Waals surface area contributed by atoms with Gasteiger partial charge < -0.3 is 29.9 Å². The van der Waals surface area contributed by atoms with Crippen LogP contribution in [0.25, 0.3) is 0 Å². The molecule has 1 aromatic rings. The Labute approximate surface area is 243 Å². The van der Waals surface area contributed by atoms with E-state index in [-0.39, 0.29) is 36.1 Å². The fourth-order valence-electron chi connectivity index (χ4n) is 9.81. The Hall–Kier alpha value is -1.61. The van der Waals surface area contributed by atoms with E-state index >= 15 is 0 Å². The van der Waals surface area contributed by atoms with Gasteiger partial charge in [-0.1, -0.05) is 44.2 Å². The Kier molecular flexibility index (Phi) is 6.97. The van der Waals surface area contributed by atoms with Gasteiger partial charge in [-0.15, -0.1) is 0 Å². The Bertz CT molecular complexity index is 1210. The largest absolute Gasteiger partial charge is 0.390 e. The van der Waals surface area contributed by atoms with Crippen molar-refractivity contribution in [1.82, 2.24) is 0 Å². The smallest absolute Gasteiger partial charge is 0.185 e. The molecule has 226 valence electrons. The van der Waals surface area contributed by atoms with E-state index < -0.39 is 46.1 Å². The second-order valence-electron chi connectivity index (χ2n) is 15.1. The van der Waals surface area contributed by atoms with E-state index in [1.54, 1.807) is 6.08 Å². The summed E-state index contributed by atoms with van der Waals surface area (Å²) in [4.78, 5) is 13.6. The molecule has 7 heteroatoms. The Morgan fingerprint density at radius 3 is 2.39 bits per heavy atom. The number of aliphatic hydroxyl groups excluding tert-OH is 2. The molecule has 0 amide bonds. The maximum atomic E-state index is 13.6. The Morgan fingerprint density at radius 2 is 1.71 bits per heavy atom. The number of rotatable bonds is 5. The lowest BCUT2D eigenvalue weighted by Crippen LogP contribution is -2.62. The van der Waals surface area contributed by atoms with Crippen LogP contribution in [0.1, 0.15) is 97.8 Å². The summed E-state index contributed by atoms with van der Waals surface area (Å²) in [5, 5.41) is 44.3. The quantitative estimate of drug-likeness (QED) is 0.410. The number of hydrogen-bond donors (Lipinski definition) is 4.